The lowest BCUT2D eigenvalue weighted by Gasteiger charge is -2.07. The van der Waals surface area contributed by atoms with Gasteiger partial charge >= 0.3 is 5.97 Å². The minimum Gasteiger partial charge on any atom is -0.425 e. The molecule has 0 atom stereocenters. The smallest absolute Gasteiger partial charge is 0.308 e. The molecule has 2 aromatic rings. The standard InChI is InChI=1S/C13H16N4O5S/c1-8-12(22-9(2)18)6-5-10(14-8)13-11(17(3)16-15-13)7-21-23(4,19)20/h5-6H,7H2,1-4H3. The van der Waals surface area contributed by atoms with Crippen molar-refractivity contribution in [3.05, 3.63) is 23.5 Å². The van der Waals surface area contributed by atoms with Crippen LogP contribution in [0.3, 0.4) is 0 Å². The molecule has 0 saturated carbocycles. The molecule has 23 heavy (non-hydrogen) atoms. The van der Waals surface area contributed by atoms with Gasteiger partial charge in [0.25, 0.3) is 10.1 Å². The Morgan fingerprint density at radius 1 is 1.35 bits per heavy atom. The molecule has 0 radical (unpaired) electrons. The summed E-state index contributed by atoms with van der Waals surface area (Å²) in [5.74, 6) is -0.0940. The maximum atomic E-state index is 11.2. The predicted octanol–water partition coefficient (Wildman–Crippen LogP) is 0.587. The normalized spacial score (nSPS) is 11.5. The highest BCUT2D eigenvalue weighted by Crippen LogP contribution is 2.24. The molecule has 0 bridgehead atoms. The lowest BCUT2D eigenvalue weighted by molar-refractivity contribution is -0.131. The Bertz CT molecular complexity index is 844. The summed E-state index contributed by atoms with van der Waals surface area (Å²) in [7, 11) is -1.97. The Morgan fingerprint density at radius 3 is 2.61 bits per heavy atom. The molecule has 2 heterocycles. The number of aryl methyl sites for hydroxylation is 2. The van der Waals surface area contributed by atoms with Crippen LogP contribution in [0.5, 0.6) is 5.75 Å². The summed E-state index contributed by atoms with van der Waals surface area (Å²) in [6.07, 6.45) is 0.965. The van der Waals surface area contributed by atoms with Crippen molar-refractivity contribution >= 4 is 16.1 Å². The van der Waals surface area contributed by atoms with Crippen LogP contribution in [0.4, 0.5) is 0 Å². The fraction of sp³-hybridized carbons (Fsp3) is 0.385. The van der Waals surface area contributed by atoms with E-state index in [0.717, 1.165) is 6.26 Å². The van der Waals surface area contributed by atoms with Crippen molar-refractivity contribution < 1.29 is 22.1 Å². The number of nitrogens with zero attached hydrogens (tertiary/aromatic N) is 4. The Morgan fingerprint density at radius 2 is 2.04 bits per heavy atom. The van der Waals surface area contributed by atoms with Crippen LogP contribution in [-0.4, -0.2) is 40.6 Å². The predicted molar refractivity (Wildman–Crippen MR) is 79.9 cm³/mol. The van der Waals surface area contributed by atoms with Crippen molar-refractivity contribution in [1.82, 2.24) is 20.0 Å². The molecule has 0 aromatic carbocycles. The molecule has 0 fully saturated rings. The largest absolute Gasteiger partial charge is 0.425 e. The topological polar surface area (TPSA) is 113 Å². The summed E-state index contributed by atoms with van der Waals surface area (Å²) >= 11 is 0. The molecule has 2 aromatic heterocycles. The third-order valence-corrected chi connectivity index (χ3v) is 3.43. The number of rotatable bonds is 5. The van der Waals surface area contributed by atoms with E-state index in [-0.39, 0.29) is 6.61 Å². The van der Waals surface area contributed by atoms with Crippen molar-refractivity contribution in [2.45, 2.75) is 20.5 Å². The monoisotopic (exact) mass is 340 g/mol. The Kier molecular flexibility index (Phi) is 4.76. The van der Waals surface area contributed by atoms with Crippen molar-refractivity contribution in [2.75, 3.05) is 6.26 Å². The van der Waals surface area contributed by atoms with E-state index < -0.39 is 16.1 Å². The van der Waals surface area contributed by atoms with Gasteiger partial charge in [-0.25, -0.2) is 9.67 Å². The zero-order valence-corrected chi connectivity index (χ0v) is 13.9. The molecule has 0 saturated heterocycles. The Balaban J connectivity index is 2.35. The molecule has 0 aliphatic heterocycles. The second kappa shape index (κ2) is 6.42. The van der Waals surface area contributed by atoms with Gasteiger partial charge in [0, 0.05) is 14.0 Å². The molecule has 10 heteroatoms. The van der Waals surface area contributed by atoms with Crippen LogP contribution in [0.15, 0.2) is 12.1 Å². The van der Waals surface area contributed by atoms with Crippen molar-refractivity contribution in [3.8, 4) is 17.1 Å². The second-order valence-corrected chi connectivity index (χ2v) is 6.49. The molecule has 0 amide bonds. The maximum Gasteiger partial charge on any atom is 0.308 e. The van der Waals surface area contributed by atoms with Gasteiger partial charge in [-0.1, -0.05) is 5.21 Å². The van der Waals surface area contributed by atoms with Crippen molar-refractivity contribution in [1.29, 1.82) is 0 Å². The highest BCUT2D eigenvalue weighted by atomic mass is 32.2. The van der Waals surface area contributed by atoms with Crippen LogP contribution in [0, 0.1) is 6.92 Å². The van der Waals surface area contributed by atoms with Crippen LogP contribution in [-0.2, 0) is 32.8 Å². The van der Waals surface area contributed by atoms with Crippen molar-refractivity contribution in [2.24, 2.45) is 7.05 Å². The Labute approximate surface area is 133 Å². The lowest BCUT2D eigenvalue weighted by Crippen LogP contribution is -2.08. The number of hydrogen-bond donors (Lipinski definition) is 0. The molecule has 0 unspecified atom stereocenters. The molecule has 9 nitrogen and oxygen atoms in total. The van der Waals surface area contributed by atoms with Gasteiger partial charge < -0.3 is 4.74 Å². The number of ether oxygens (including phenoxy) is 1. The first-order valence-electron chi connectivity index (χ1n) is 6.57. The number of aromatic nitrogens is 4. The van der Waals surface area contributed by atoms with E-state index >= 15 is 0 Å². The molecule has 0 N–H and O–H groups in total. The van der Waals surface area contributed by atoms with E-state index in [1.807, 2.05) is 0 Å². The van der Waals surface area contributed by atoms with E-state index in [4.69, 9.17) is 8.92 Å². The molecular weight excluding hydrogens is 324 g/mol. The summed E-state index contributed by atoms with van der Waals surface area (Å²) in [5, 5.41) is 7.85. The van der Waals surface area contributed by atoms with E-state index in [1.54, 1.807) is 26.1 Å². The van der Waals surface area contributed by atoms with Crippen LogP contribution in [0.25, 0.3) is 11.4 Å². The summed E-state index contributed by atoms with van der Waals surface area (Å²) in [6.45, 7) is 2.78. The summed E-state index contributed by atoms with van der Waals surface area (Å²) in [6, 6.07) is 3.20. The zero-order chi connectivity index (χ0) is 17.2. The van der Waals surface area contributed by atoms with Gasteiger partial charge in [-0.05, 0) is 19.1 Å². The average molecular weight is 340 g/mol. The summed E-state index contributed by atoms with van der Waals surface area (Å²) in [5.41, 5.74) is 1.83. The fourth-order valence-corrected chi connectivity index (χ4v) is 2.17. The third-order valence-electron chi connectivity index (χ3n) is 2.89. The van der Waals surface area contributed by atoms with E-state index in [0.29, 0.717) is 28.5 Å². The minimum atomic E-state index is -3.59. The van der Waals surface area contributed by atoms with Crippen LogP contribution in [0.2, 0.25) is 0 Å². The molecule has 124 valence electrons. The highest BCUT2D eigenvalue weighted by molar-refractivity contribution is 7.85. The first-order valence-corrected chi connectivity index (χ1v) is 8.38. The van der Waals surface area contributed by atoms with E-state index in [2.05, 4.69) is 15.3 Å². The Hall–Kier alpha value is -2.33. The van der Waals surface area contributed by atoms with Gasteiger partial charge in [-0.15, -0.1) is 5.10 Å². The van der Waals surface area contributed by atoms with Gasteiger partial charge in [0.2, 0.25) is 0 Å². The van der Waals surface area contributed by atoms with E-state index in [1.165, 1.54) is 11.6 Å². The number of carbonyl (C=O) groups is 1. The molecule has 0 aliphatic carbocycles. The van der Waals surface area contributed by atoms with Gasteiger partial charge in [0.15, 0.2) is 5.75 Å². The molecule has 0 spiro atoms. The third kappa shape index (κ3) is 4.33. The number of hydrogen-bond acceptors (Lipinski definition) is 8. The van der Waals surface area contributed by atoms with Crippen LogP contribution in [0.1, 0.15) is 18.3 Å². The molecule has 2 rings (SSSR count). The summed E-state index contributed by atoms with van der Waals surface area (Å²) in [4.78, 5) is 15.3. The van der Waals surface area contributed by atoms with Gasteiger partial charge in [-0.3, -0.25) is 8.98 Å². The first-order chi connectivity index (χ1) is 10.7. The van der Waals surface area contributed by atoms with E-state index in [9.17, 15) is 13.2 Å². The minimum absolute atomic E-state index is 0.204. The molecular formula is C13H16N4O5S. The second-order valence-electron chi connectivity index (χ2n) is 4.85. The number of carbonyl (C=O) groups excluding carboxylic acids is 1. The van der Waals surface area contributed by atoms with Crippen LogP contribution < -0.4 is 4.74 Å². The molecule has 0 aliphatic rings. The van der Waals surface area contributed by atoms with Gasteiger partial charge in [0.05, 0.1) is 23.3 Å². The lowest BCUT2D eigenvalue weighted by atomic mass is 10.2. The fourth-order valence-electron chi connectivity index (χ4n) is 1.84. The first kappa shape index (κ1) is 17.0. The average Bonchev–Trinajstić information content (AvgIpc) is 2.79. The maximum absolute atomic E-state index is 11.2. The van der Waals surface area contributed by atoms with Crippen LogP contribution >= 0.6 is 0 Å². The zero-order valence-electron chi connectivity index (χ0n) is 13.1. The van der Waals surface area contributed by atoms with Gasteiger partial charge in [-0.2, -0.15) is 8.42 Å². The SMILES string of the molecule is CC(=O)Oc1ccc(-c2nnn(C)c2COS(C)(=O)=O)nc1C. The number of pyridine rings is 1. The quantitative estimate of drug-likeness (QED) is 0.574. The summed E-state index contributed by atoms with van der Waals surface area (Å²) < 4.78 is 33.5. The van der Waals surface area contributed by atoms with Crippen molar-refractivity contribution in [3.63, 3.8) is 0 Å². The highest BCUT2D eigenvalue weighted by Gasteiger charge is 2.17. The van der Waals surface area contributed by atoms with Gasteiger partial charge in [0.1, 0.15) is 12.3 Å². The number of esters is 1.